The molecule has 2 rings (SSSR count). The minimum atomic E-state index is 0.594. The average Bonchev–Trinajstić information content (AvgIpc) is 2.92. The van der Waals surface area contributed by atoms with Crippen LogP contribution in [0.25, 0.3) is 0 Å². The molecule has 0 aromatic heterocycles. The first-order valence-electron chi connectivity index (χ1n) is 5.95. The predicted octanol–water partition coefficient (Wildman–Crippen LogP) is 2.63. The van der Waals surface area contributed by atoms with Crippen LogP contribution in [0, 0.1) is 42.9 Å². The molecular formula is C16H15N2. The van der Waals surface area contributed by atoms with Gasteiger partial charge in [-0.15, -0.1) is 0 Å². The average molecular weight is 235 g/mol. The lowest BCUT2D eigenvalue weighted by Crippen LogP contribution is -2.16. The van der Waals surface area contributed by atoms with Crippen LogP contribution in [0.4, 0.5) is 0 Å². The Hall–Kier alpha value is -1.59. The number of allylic oxidation sites excluding steroid dienone is 1. The first-order chi connectivity index (χ1) is 8.88. The van der Waals surface area contributed by atoms with Gasteiger partial charge in [0.25, 0.3) is 0 Å². The molecule has 89 valence electrons. The molecule has 0 atom stereocenters. The van der Waals surface area contributed by atoms with Crippen molar-refractivity contribution < 1.29 is 0 Å². The maximum absolute atomic E-state index is 9.06. The standard InChI is InChI=1S/C16H15N2/c17-11-16(10-14-6-4-5-7-14)13-18-12-15-8-2-1-3-9-15/h1-10,18H,12-13H2/b16-10+. The molecule has 1 N–H and O–H groups in total. The number of rotatable bonds is 5. The summed E-state index contributed by atoms with van der Waals surface area (Å²) in [5, 5.41) is 12.3. The van der Waals surface area contributed by atoms with Crippen molar-refractivity contribution in [3.05, 3.63) is 79.1 Å². The Morgan fingerprint density at radius 2 is 1.89 bits per heavy atom. The molecule has 2 heteroatoms. The van der Waals surface area contributed by atoms with Crippen molar-refractivity contribution in [3.8, 4) is 6.07 Å². The van der Waals surface area contributed by atoms with Crippen molar-refractivity contribution in [2.75, 3.05) is 6.54 Å². The fourth-order valence-corrected chi connectivity index (χ4v) is 1.75. The molecule has 0 spiro atoms. The Labute approximate surface area is 109 Å². The van der Waals surface area contributed by atoms with Crippen LogP contribution < -0.4 is 5.32 Å². The zero-order valence-electron chi connectivity index (χ0n) is 10.1. The van der Waals surface area contributed by atoms with Gasteiger partial charge < -0.3 is 5.32 Å². The van der Waals surface area contributed by atoms with Gasteiger partial charge in [0.1, 0.15) is 0 Å². The Morgan fingerprint density at radius 3 is 2.56 bits per heavy atom. The van der Waals surface area contributed by atoms with Crippen LogP contribution in [-0.4, -0.2) is 6.54 Å². The number of hydrogen-bond acceptors (Lipinski definition) is 2. The van der Waals surface area contributed by atoms with Crippen LogP contribution in [-0.2, 0) is 6.54 Å². The smallest absolute Gasteiger partial charge is 0.0957 e. The van der Waals surface area contributed by atoms with E-state index in [1.54, 1.807) is 0 Å². The van der Waals surface area contributed by atoms with Gasteiger partial charge in [0, 0.05) is 24.6 Å². The first kappa shape index (κ1) is 12.9. The Balaban J connectivity index is 1.79. The zero-order valence-corrected chi connectivity index (χ0v) is 10.1. The number of nitriles is 1. The molecule has 0 amide bonds. The van der Waals surface area contributed by atoms with Gasteiger partial charge in [-0.2, -0.15) is 5.26 Å². The van der Waals surface area contributed by atoms with E-state index in [1.165, 1.54) is 5.56 Å². The molecule has 1 saturated carbocycles. The van der Waals surface area contributed by atoms with E-state index < -0.39 is 0 Å². The SMILES string of the molecule is N#C/C(=C\[C]1[CH][CH][CH][CH]1)CNCc1ccccc1. The third-order valence-corrected chi connectivity index (χ3v) is 2.66. The monoisotopic (exact) mass is 235 g/mol. The molecule has 0 bridgehead atoms. The van der Waals surface area contributed by atoms with E-state index in [9.17, 15) is 0 Å². The second-order valence-electron chi connectivity index (χ2n) is 4.09. The Morgan fingerprint density at radius 1 is 1.17 bits per heavy atom. The van der Waals surface area contributed by atoms with Gasteiger partial charge in [0.15, 0.2) is 0 Å². The predicted molar refractivity (Wildman–Crippen MR) is 72.3 cm³/mol. The van der Waals surface area contributed by atoms with Crippen molar-refractivity contribution in [2.24, 2.45) is 0 Å². The lowest BCUT2D eigenvalue weighted by Gasteiger charge is -2.06. The van der Waals surface area contributed by atoms with E-state index in [-0.39, 0.29) is 0 Å². The summed E-state index contributed by atoms with van der Waals surface area (Å²) < 4.78 is 0. The molecule has 1 aromatic carbocycles. The highest BCUT2D eigenvalue weighted by atomic mass is 14.8. The van der Waals surface area contributed by atoms with Crippen molar-refractivity contribution in [3.63, 3.8) is 0 Å². The molecule has 0 saturated heterocycles. The van der Waals surface area contributed by atoms with Gasteiger partial charge in [0.2, 0.25) is 0 Å². The summed E-state index contributed by atoms with van der Waals surface area (Å²) in [6, 6.07) is 12.4. The van der Waals surface area contributed by atoms with Gasteiger partial charge in [0.05, 0.1) is 6.07 Å². The summed E-state index contributed by atoms with van der Waals surface area (Å²) in [5.41, 5.74) is 1.97. The summed E-state index contributed by atoms with van der Waals surface area (Å²) in [4.78, 5) is 0. The maximum Gasteiger partial charge on any atom is 0.0957 e. The van der Waals surface area contributed by atoms with E-state index in [0.717, 1.165) is 18.0 Å². The summed E-state index contributed by atoms with van der Waals surface area (Å²) in [6.07, 6.45) is 9.84. The molecule has 0 aliphatic heterocycles. The fraction of sp³-hybridized carbons (Fsp3) is 0.125. The highest BCUT2D eigenvalue weighted by Gasteiger charge is 2.15. The summed E-state index contributed by atoms with van der Waals surface area (Å²) in [7, 11) is 0. The molecule has 2 nitrogen and oxygen atoms in total. The van der Waals surface area contributed by atoms with E-state index in [2.05, 4.69) is 23.5 Å². The lowest BCUT2D eigenvalue weighted by atomic mass is 10.0. The van der Waals surface area contributed by atoms with Crippen LogP contribution >= 0.6 is 0 Å². The van der Waals surface area contributed by atoms with E-state index in [4.69, 9.17) is 5.26 Å². The normalized spacial score (nSPS) is 16.7. The fourth-order valence-electron chi connectivity index (χ4n) is 1.75. The molecule has 18 heavy (non-hydrogen) atoms. The molecule has 1 aromatic rings. The quantitative estimate of drug-likeness (QED) is 0.796. The third kappa shape index (κ3) is 4.01. The highest BCUT2D eigenvalue weighted by Crippen LogP contribution is 2.24. The summed E-state index contributed by atoms with van der Waals surface area (Å²) in [5.74, 6) is 1.08. The van der Waals surface area contributed by atoms with Crippen molar-refractivity contribution >= 4 is 0 Å². The van der Waals surface area contributed by atoms with Crippen LogP contribution in [0.1, 0.15) is 5.56 Å². The second-order valence-corrected chi connectivity index (χ2v) is 4.09. The lowest BCUT2D eigenvalue weighted by molar-refractivity contribution is 0.747. The maximum atomic E-state index is 9.06. The topological polar surface area (TPSA) is 35.8 Å². The van der Waals surface area contributed by atoms with Gasteiger partial charge in [-0.05, 0) is 31.2 Å². The molecule has 0 unspecified atom stereocenters. The minimum absolute atomic E-state index is 0.594. The highest BCUT2D eigenvalue weighted by molar-refractivity contribution is 5.45. The second kappa shape index (κ2) is 6.98. The first-order valence-corrected chi connectivity index (χ1v) is 5.95. The van der Waals surface area contributed by atoms with E-state index >= 15 is 0 Å². The summed E-state index contributed by atoms with van der Waals surface area (Å²) in [6.45, 7) is 1.37. The van der Waals surface area contributed by atoms with Gasteiger partial charge in [-0.1, -0.05) is 36.4 Å². The van der Waals surface area contributed by atoms with Gasteiger partial charge >= 0.3 is 0 Å². The molecule has 5 radical (unpaired) electrons. The van der Waals surface area contributed by atoms with Gasteiger partial charge in [-0.3, -0.25) is 0 Å². The third-order valence-electron chi connectivity index (χ3n) is 2.66. The van der Waals surface area contributed by atoms with E-state index in [1.807, 2.05) is 50.0 Å². The Bertz CT molecular complexity index is 422. The van der Waals surface area contributed by atoms with E-state index in [0.29, 0.717) is 6.54 Å². The number of nitrogens with one attached hydrogen (secondary N) is 1. The summed E-state index contributed by atoms with van der Waals surface area (Å²) >= 11 is 0. The Kier molecular flexibility index (Phi) is 4.99. The van der Waals surface area contributed by atoms with Crippen LogP contribution in [0.3, 0.4) is 0 Å². The molecule has 1 aliphatic carbocycles. The largest absolute Gasteiger partial charge is 0.308 e. The van der Waals surface area contributed by atoms with Crippen molar-refractivity contribution in [2.45, 2.75) is 6.54 Å². The van der Waals surface area contributed by atoms with Crippen LogP contribution in [0.15, 0.2) is 42.0 Å². The number of nitrogens with zero attached hydrogens (tertiary/aromatic N) is 1. The number of hydrogen-bond donors (Lipinski definition) is 1. The van der Waals surface area contributed by atoms with Crippen LogP contribution in [0.2, 0.25) is 0 Å². The minimum Gasteiger partial charge on any atom is -0.308 e. The van der Waals surface area contributed by atoms with Gasteiger partial charge in [-0.25, -0.2) is 0 Å². The molecular weight excluding hydrogens is 220 g/mol. The van der Waals surface area contributed by atoms with Crippen molar-refractivity contribution in [1.82, 2.24) is 5.32 Å². The molecule has 1 fully saturated rings. The molecule has 1 aliphatic rings. The zero-order chi connectivity index (χ0) is 12.6. The number of benzene rings is 1. The molecule has 0 heterocycles. The van der Waals surface area contributed by atoms with Crippen LogP contribution in [0.5, 0.6) is 0 Å². The van der Waals surface area contributed by atoms with Crippen molar-refractivity contribution in [1.29, 1.82) is 5.26 Å².